The third-order valence-corrected chi connectivity index (χ3v) is 11.2. The summed E-state index contributed by atoms with van der Waals surface area (Å²) < 4.78 is 37.3. The van der Waals surface area contributed by atoms with Crippen LogP contribution >= 0.6 is 0 Å². The highest BCUT2D eigenvalue weighted by atomic mass is 16.7. The van der Waals surface area contributed by atoms with Crippen LogP contribution in [0.1, 0.15) is 94.9 Å². The number of alkyl carbamates (subject to hydrolysis) is 1. The number of allylic oxidation sites excluding steroid dienone is 2. The number of cyclic esters (lactones) is 1. The number of hydrogen-bond acceptors (Lipinski definition) is 12. The fraction of sp³-hybridized carbons (Fsp3) is 0.816. The molecule has 51 heavy (non-hydrogen) atoms. The fourth-order valence-electron chi connectivity index (χ4n) is 8.40. The normalized spacial score (nSPS) is 39.5. The topological polar surface area (TPSA) is 156 Å². The van der Waals surface area contributed by atoms with Gasteiger partial charge in [0.1, 0.15) is 18.3 Å². The Balaban J connectivity index is 2.85. The Morgan fingerprint density at radius 2 is 1.67 bits per heavy atom. The summed E-state index contributed by atoms with van der Waals surface area (Å²) in [6, 6.07) is -0.250. The Kier molecular flexibility index (Phi) is 16.3. The Hall–Kier alpha value is -2.87. The van der Waals surface area contributed by atoms with E-state index in [-0.39, 0.29) is 36.8 Å². The van der Waals surface area contributed by atoms with Crippen LogP contribution in [-0.2, 0) is 47.6 Å². The van der Waals surface area contributed by atoms with Crippen molar-refractivity contribution in [3.8, 4) is 0 Å². The standard InChI is InChI=1S/C38H64N2O11/c1-15-28-23(5)27(17-18-41)21(3)20-37(9,46-14)33(50-35-32(48-26(8)42)29(40(12)13)19-22(4)47-35)24(6)31(43)25(7)34(44)49-30(16-2)38(28,10)51-36(45)39-11/h17-18,21-25,28-30,32-33,35H,15-16,19-20H2,1-14H3,(H,39,45)/b27-17+/t21-,22-,23+,24+,25-,28+,29+,30-,32-,33-,35+,37-,38+/m1/s1. The first-order valence-corrected chi connectivity index (χ1v) is 18.3. The van der Waals surface area contributed by atoms with Crippen molar-refractivity contribution >= 4 is 30.1 Å². The van der Waals surface area contributed by atoms with E-state index in [9.17, 15) is 24.0 Å². The summed E-state index contributed by atoms with van der Waals surface area (Å²) in [6.07, 6.45) is -0.876. The molecule has 2 fully saturated rings. The largest absolute Gasteiger partial charge is 0.458 e. The van der Waals surface area contributed by atoms with Gasteiger partial charge in [0, 0.05) is 32.9 Å². The van der Waals surface area contributed by atoms with Crippen LogP contribution in [0.2, 0.25) is 0 Å². The van der Waals surface area contributed by atoms with E-state index in [0.717, 1.165) is 11.9 Å². The van der Waals surface area contributed by atoms with Gasteiger partial charge in [0.05, 0.1) is 23.9 Å². The minimum Gasteiger partial charge on any atom is -0.458 e. The third-order valence-electron chi connectivity index (χ3n) is 11.2. The highest BCUT2D eigenvalue weighted by Crippen LogP contribution is 2.45. The predicted octanol–water partition coefficient (Wildman–Crippen LogP) is 4.88. The lowest BCUT2D eigenvalue weighted by molar-refractivity contribution is -0.298. The molecule has 292 valence electrons. The first-order chi connectivity index (χ1) is 23.8. The molecule has 0 saturated carbocycles. The van der Waals surface area contributed by atoms with E-state index in [1.165, 1.54) is 34.1 Å². The van der Waals surface area contributed by atoms with Crippen LogP contribution in [0.5, 0.6) is 0 Å². The molecule has 2 heterocycles. The molecule has 0 aromatic carbocycles. The minimum absolute atomic E-state index is 0.250. The van der Waals surface area contributed by atoms with E-state index in [2.05, 4.69) is 5.32 Å². The number of ether oxygens (including phenoxy) is 6. The monoisotopic (exact) mass is 724 g/mol. The number of methoxy groups -OCH3 is 1. The molecule has 0 radical (unpaired) electrons. The van der Waals surface area contributed by atoms with Gasteiger partial charge >= 0.3 is 18.0 Å². The highest BCUT2D eigenvalue weighted by molar-refractivity contribution is 6.00. The van der Waals surface area contributed by atoms with Crippen molar-refractivity contribution in [2.24, 2.45) is 29.6 Å². The number of aldehydes is 1. The molecular formula is C38H64N2O11. The molecule has 13 atom stereocenters. The van der Waals surface area contributed by atoms with E-state index in [0.29, 0.717) is 12.8 Å². The van der Waals surface area contributed by atoms with E-state index in [4.69, 9.17) is 28.4 Å². The molecule has 2 saturated heterocycles. The lowest BCUT2D eigenvalue weighted by Gasteiger charge is -2.48. The van der Waals surface area contributed by atoms with Crippen molar-refractivity contribution in [2.45, 2.75) is 143 Å². The van der Waals surface area contributed by atoms with Crippen molar-refractivity contribution in [3.63, 3.8) is 0 Å². The molecule has 2 aliphatic heterocycles. The number of ketones is 1. The third kappa shape index (κ3) is 10.2. The zero-order chi connectivity index (χ0) is 39.0. The summed E-state index contributed by atoms with van der Waals surface area (Å²) >= 11 is 0. The molecule has 2 aliphatic rings. The molecule has 2 rings (SSSR count). The SMILES string of the molecule is CC[C@H]1OC(=O)[C@H](C)C(=O)[C@H](C)[C@@H](O[C@@H]2O[C@H](C)C[C@H](N(C)C)[C@H]2OC(C)=O)[C@](C)(OC)C[C@@H](C)/C(=C\C=O)[C@H](C)[C@H](CC)[C@]1(C)OC(=O)NC. The summed E-state index contributed by atoms with van der Waals surface area (Å²) in [5.74, 6) is -4.97. The lowest BCUT2D eigenvalue weighted by atomic mass is 9.67. The Bertz CT molecular complexity index is 1260. The molecule has 0 bridgehead atoms. The molecule has 0 unspecified atom stereocenters. The first kappa shape index (κ1) is 44.3. The van der Waals surface area contributed by atoms with Crippen molar-refractivity contribution in [2.75, 3.05) is 28.3 Å². The summed E-state index contributed by atoms with van der Waals surface area (Å²) in [6.45, 7) is 17.7. The van der Waals surface area contributed by atoms with Crippen molar-refractivity contribution in [1.82, 2.24) is 10.2 Å². The van der Waals surface area contributed by atoms with Gasteiger partial charge in [-0.2, -0.15) is 0 Å². The maximum Gasteiger partial charge on any atom is 0.407 e. The number of esters is 2. The second-order valence-electron chi connectivity index (χ2n) is 15.0. The van der Waals surface area contributed by atoms with Crippen molar-refractivity contribution in [3.05, 3.63) is 11.6 Å². The van der Waals surface area contributed by atoms with Crippen molar-refractivity contribution in [1.29, 1.82) is 0 Å². The van der Waals surface area contributed by atoms with Gasteiger partial charge in [-0.25, -0.2) is 4.79 Å². The molecular weight excluding hydrogens is 660 g/mol. The molecule has 0 spiro atoms. The van der Waals surface area contributed by atoms with Gasteiger partial charge in [0.2, 0.25) is 0 Å². The zero-order valence-electron chi connectivity index (χ0n) is 33.3. The summed E-state index contributed by atoms with van der Waals surface area (Å²) in [5.41, 5.74) is -1.76. The van der Waals surface area contributed by atoms with Gasteiger partial charge < -0.3 is 38.6 Å². The number of amides is 1. The summed E-state index contributed by atoms with van der Waals surface area (Å²) in [4.78, 5) is 67.6. The summed E-state index contributed by atoms with van der Waals surface area (Å²) in [7, 11) is 6.75. The molecule has 0 aromatic heterocycles. The van der Waals surface area contributed by atoms with Crippen LogP contribution in [0.15, 0.2) is 11.6 Å². The second-order valence-corrected chi connectivity index (χ2v) is 15.0. The second kappa shape index (κ2) is 18.8. The zero-order valence-corrected chi connectivity index (χ0v) is 33.3. The van der Waals surface area contributed by atoms with Crippen LogP contribution in [0, 0.1) is 29.6 Å². The van der Waals surface area contributed by atoms with E-state index >= 15 is 0 Å². The number of nitrogens with zero attached hydrogens (tertiary/aromatic N) is 1. The fourth-order valence-corrected chi connectivity index (χ4v) is 8.40. The average Bonchev–Trinajstić information content (AvgIpc) is 3.07. The van der Waals surface area contributed by atoms with Gasteiger partial charge in [-0.15, -0.1) is 0 Å². The molecule has 0 aliphatic carbocycles. The van der Waals surface area contributed by atoms with Gasteiger partial charge in [0.15, 0.2) is 23.8 Å². The Morgan fingerprint density at radius 1 is 1.04 bits per heavy atom. The molecule has 13 heteroatoms. The lowest BCUT2D eigenvalue weighted by Crippen LogP contribution is -2.60. The van der Waals surface area contributed by atoms with Gasteiger partial charge in [-0.1, -0.05) is 40.2 Å². The smallest absolute Gasteiger partial charge is 0.407 e. The first-order valence-electron chi connectivity index (χ1n) is 18.3. The van der Waals surface area contributed by atoms with Crippen molar-refractivity contribution < 1.29 is 52.4 Å². The van der Waals surface area contributed by atoms with Crippen LogP contribution in [0.3, 0.4) is 0 Å². The van der Waals surface area contributed by atoms with E-state index < -0.39 is 77.4 Å². The maximum atomic E-state index is 14.4. The number of rotatable bonds is 9. The quantitative estimate of drug-likeness (QED) is 0.113. The van der Waals surface area contributed by atoms with Crippen LogP contribution in [0.25, 0.3) is 0 Å². The number of Topliss-reactive ketones (excluding diaryl/α,β-unsaturated/α-hetero) is 1. The number of carbonyl (C=O) groups is 5. The van der Waals surface area contributed by atoms with E-state index in [1.807, 2.05) is 60.5 Å². The van der Waals surface area contributed by atoms with Gasteiger partial charge in [0.25, 0.3) is 0 Å². The van der Waals surface area contributed by atoms with Crippen LogP contribution in [0.4, 0.5) is 4.79 Å². The number of carbonyl (C=O) groups excluding carboxylic acids is 5. The van der Waals surface area contributed by atoms with Gasteiger partial charge in [-0.05, 0) is 85.4 Å². The number of nitrogens with one attached hydrogen (secondary N) is 1. The van der Waals surface area contributed by atoms with E-state index in [1.54, 1.807) is 13.8 Å². The Morgan fingerprint density at radius 3 is 2.16 bits per heavy atom. The molecule has 0 aromatic rings. The van der Waals surface area contributed by atoms with Crippen LogP contribution < -0.4 is 5.32 Å². The molecule has 1 N–H and O–H groups in total. The number of likely N-dealkylation sites (N-methyl/N-ethyl adjacent to an activating group) is 1. The highest BCUT2D eigenvalue weighted by Gasteiger charge is 2.53. The minimum atomic E-state index is -1.33. The summed E-state index contributed by atoms with van der Waals surface area (Å²) in [5, 5.41) is 2.51. The maximum absolute atomic E-state index is 14.4. The number of hydrogen-bond donors (Lipinski definition) is 1. The predicted molar refractivity (Wildman–Crippen MR) is 191 cm³/mol. The molecule has 13 nitrogen and oxygen atoms in total. The molecule has 1 amide bonds. The average molecular weight is 725 g/mol. The van der Waals surface area contributed by atoms with Gasteiger partial charge in [-0.3, -0.25) is 19.2 Å². The Labute approximate surface area is 304 Å². The van der Waals surface area contributed by atoms with Crippen LogP contribution in [-0.4, -0.2) is 111 Å².